The lowest BCUT2D eigenvalue weighted by Crippen LogP contribution is -2.51. The molecule has 130 valence electrons. The first kappa shape index (κ1) is 18.6. The molecule has 0 aromatic carbocycles. The van der Waals surface area contributed by atoms with E-state index >= 15 is 0 Å². The molecule has 0 fully saturated rings. The van der Waals surface area contributed by atoms with Crippen LogP contribution in [0.2, 0.25) is 0 Å². The van der Waals surface area contributed by atoms with E-state index in [1.807, 2.05) is 0 Å². The minimum Gasteiger partial charge on any atom is -0.383 e. The molecular formula is C15H20F3IN2O2. The normalized spacial score (nSPS) is 23.5. The van der Waals surface area contributed by atoms with Crippen molar-refractivity contribution in [3.05, 3.63) is 22.3 Å². The van der Waals surface area contributed by atoms with Gasteiger partial charge in [-0.1, -0.05) is 6.92 Å². The molecule has 0 bridgehead atoms. The molecule has 1 aromatic rings. The minimum absolute atomic E-state index is 0.283. The molecular weight excluding hydrogens is 424 g/mol. The van der Waals surface area contributed by atoms with Gasteiger partial charge in [0.25, 0.3) is 0 Å². The maximum atomic E-state index is 14.4. The summed E-state index contributed by atoms with van der Waals surface area (Å²) >= 11 is 1.33. The molecule has 1 aliphatic rings. The van der Waals surface area contributed by atoms with Crippen LogP contribution in [0.5, 0.6) is 0 Å². The number of aliphatic hydroxyl groups is 1. The van der Waals surface area contributed by atoms with Crippen LogP contribution in [0.3, 0.4) is 0 Å². The number of rotatable bonds is 7. The van der Waals surface area contributed by atoms with Crippen LogP contribution in [-0.2, 0) is 11.2 Å². The Balaban J connectivity index is 2.31. The number of fused-ring (bicyclic) bond motifs is 1. The van der Waals surface area contributed by atoms with Gasteiger partial charge in [0.1, 0.15) is 18.0 Å². The van der Waals surface area contributed by atoms with E-state index in [4.69, 9.17) is 4.74 Å². The van der Waals surface area contributed by atoms with Crippen LogP contribution in [0.25, 0.3) is 12.3 Å². The quantitative estimate of drug-likeness (QED) is 0.436. The number of halogens is 4. The Morgan fingerprint density at radius 2 is 2.17 bits per heavy atom. The van der Waals surface area contributed by atoms with Gasteiger partial charge in [0.2, 0.25) is 0 Å². The largest absolute Gasteiger partial charge is 0.383 e. The van der Waals surface area contributed by atoms with E-state index in [1.54, 1.807) is 25.5 Å². The molecule has 0 saturated carbocycles. The number of alkyl halides is 4. The van der Waals surface area contributed by atoms with Crippen LogP contribution in [0.4, 0.5) is 13.2 Å². The Morgan fingerprint density at radius 3 is 2.74 bits per heavy atom. The van der Waals surface area contributed by atoms with Crippen molar-refractivity contribution in [2.45, 2.75) is 35.5 Å². The number of hydrogen-bond donors (Lipinski definition) is 3. The molecule has 23 heavy (non-hydrogen) atoms. The highest BCUT2D eigenvalue weighted by Gasteiger charge is 2.47. The van der Waals surface area contributed by atoms with Gasteiger partial charge < -0.3 is 20.1 Å². The fourth-order valence-electron chi connectivity index (χ4n) is 2.58. The summed E-state index contributed by atoms with van der Waals surface area (Å²) < 4.78 is 44.3. The molecule has 1 aliphatic heterocycles. The summed E-state index contributed by atoms with van der Waals surface area (Å²) in [7, 11) is 1.55. The van der Waals surface area contributed by atoms with Gasteiger partial charge in [-0.15, -0.1) is 0 Å². The third kappa shape index (κ3) is 3.85. The van der Waals surface area contributed by atoms with Gasteiger partial charge in [0, 0.05) is 41.9 Å². The Labute approximate surface area is 145 Å². The van der Waals surface area contributed by atoms with Crippen molar-refractivity contribution >= 4 is 34.9 Å². The Bertz CT molecular complexity index is 652. The summed E-state index contributed by atoms with van der Waals surface area (Å²) in [4.78, 5) is 3.02. The molecule has 5 atom stereocenters. The van der Waals surface area contributed by atoms with Gasteiger partial charge >= 0.3 is 0 Å². The molecule has 0 radical (unpaired) electrons. The number of nitrogens with one attached hydrogen (secondary N) is 2. The molecule has 1 aromatic heterocycles. The van der Waals surface area contributed by atoms with Crippen LogP contribution in [0.15, 0.2) is 6.07 Å². The first-order valence-corrected chi connectivity index (χ1v) is 8.45. The van der Waals surface area contributed by atoms with Gasteiger partial charge in [-0.3, -0.25) is 4.39 Å². The third-order valence-electron chi connectivity index (χ3n) is 3.98. The van der Waals surface area contributed by atoms with E-state index in [0.717, 1.165) is 10.6 Å². The van der Waals surface area contributed by atoms with Gasteiger partial charge in [0.05, 0.1) is 6.67 Å². The number of hydrogen-bond acceptors (Lipinski definition) is 3. The lowest BCUT2D eigenvalue weighted by Gasteiger charge is -2.34. The molecule has 0 amide bonds. The molecule has 0 aliphatic carbocycles. The Kier molecular flexibility index (Phi) is 6.01. The predicted molar refractivity (Wildman–Crippen MR) is 90.5 cm³/mol. The van der Waals surface area contributed by atoms with Crippen LogP contribution in [0, 0.1) is 5.92 Å². The number of ether oxygens (including phenoxy) is 1. The Hall–Kier alpha value is -0.740. The zero-order valence-electron chi connectivity index (χ0n) is 12.8. The van der Waals surface area contributed by atoms with E-state index < -0.39 is 28.5 Å². The van der Waals surface area contributed by atoms with Crippen molar-refractivity contribution in [2.75, 3.05) is 13.8 Å². The topological polar surface area (TPSA) is 57.3 Å². The molecule has 0 saturated heterocycles. The van der Waals surface area contributed by atoms with Crippen molar-refractivity contribution in [1.29, 1.82) is 0 Å². The van der Waals surface area contributed by atoms with Crippen molar-refractivity contribution in [3.63, 3.8) is 0 Å². The van der Waals surface area contributed by atoms with E-state index in [-0.39, 0.29) is 12.6 Å². The molecule has 4 nitrogen and oxygen atoms in total. The summed E-state index contributed by atoms with van der Waals surface area (Å²) in [6, 6.07) is 1.70. The first-order valence-electron chi connectivity index (χ1n) is 7.21. The van der Waals surface area contributed by atoms with E-state index in [0.29, 0.717) is 5.69 Å². The molecule has 5 unspecified atom stereocenters. The van der Waals surface area contributed by atoms with Gasteiger partial charge in [-0.2, -0.15) is 0 Å². The number of methoxy groups -OCH3 is 1. The standard InChI is InChI=1S/C15H20F3IN2O2/c1-8(6-16)13(17)15(22,14(18)19)5-10-3-9-7-20-12(23-2)4-11(9)21-10/h3-4,7-8,12-14,20-22H,5-6H2,1-2H3. The second kappa shape index (κ2) is 7.43. The number of H-pyrrole nitrogens is 1. The van der Waals surface area contributed by atoms with E-state index in [1.165, 1.54) is 29.5 Å². The van der Waals surface area contributed by atoms with Crippen molar-refractivity contribution in [3.8, 4) is 0 Å². The second-order valence-electron chi connectivity index (χ2n) is 5.80. The number of aromatic nitrogens is 1. The van der Waals surface area contributed by atoms with Crippen molar-refractivity contribution in [2.24, 2.45) is 5.92 Å². The second-order valence-corrected chi connectivity index (χ2v) is 6.89. The summed E-state index contributed by atoms with van der Waals surface area (Å²) in [6.45, 7) is 0.345. The van der Waals surface area contributed by atoms with Gasteiger partial charge in [0.15, 0.2) is 4.18 Å². The lowest BCUT2D eigenvalue weighted by molar-refractivity contribution is -0.0807. The molecule has 3 N–H and O–H groups in total. The van der Waals surface area contributed by atoms with Crippen molar-refractivity contribution < 1.29 is 23.0 Å². The summed E-state index contributed by atoms with van der Waals surface area (Å²) in [5.41, 5.74) is -1.83. The maximum absolute atomic E-state index is 14.4. The molecule has 0 spiro atoms. The SMILES string of the molecule is COC1C=c2[nH]c(CC(O)(C(F)I)C(F)C(C)CF)cc2=CN1. The zero-order chi connectivity index (χ0) is 17.2. The highest BCUT2D eigenvalue weighted by molar-refractivity contribution is 14.1. The third-order valence-corrected chi connectivity index (χ3v) is 5.06. The van der Waals surface area contributed by atoms with E-state index in [2.05, 4.69) is 10.3 Å². The van der Waals surface area contributed by atoms with Crippen LogP contribution < -0.4 is 15.9 Å². The fraction of sp³-hybridized carbons (Fsp3) is 0.600. The minimum atomic E-state index is -2.30. The first-order chi connectivity index (χ1) is 10.8. The van der Waals surface area contributed by atoms with E-state index in [9.17, 15) is 18.3 Å². The summed E-state index contributed by atoms with van der Waals surface area (Å²) in [5.74, 6) is -1.09. The number of aromatic amines is 1. The van der Waals surface area contributed by atoms with Crippen molar-refractivity contribution in [1.82, 2.24) is 10.3 Å². The van der Waals surface area contributed by atoms with Crippen LogP contribution in [0.1, 0.15) is 12.6 Å². The predicted octanol–water partition coefficient (Wildman–Crippen LogP) is 1.06. The Morgan fingerprint density at radius 1 is 1.48 bits per heavy atom. The highest BCUT2D eigenvalue weighted by Crippen LogP contribution is 2.33. The maximum Gasteiger partial charge on any atom is 0.182 e. The molecule has 2 rings (SSSR count). The molecule has 8 heteroatoms. The average Bonchev–Trinajstić information content (AvgIpc) is 2.93. The average molecular weight is 444 g/mol. The molecule has 2 heterocycles. The summed E-state index contributed by atoms with van der Waals surface area (Å²) in [6.07, 6.45) is 0.904. The van der Waals surface area contributed by atoms with Gasteiger partial charge in [-0.25, -0.2) is 8.78 Å². The monoisotopic (exact) mass is 444 g/mol. The lowest BCUT2D eigenvalue weighted by atomic mass is 9.87. The van der Waals surface area contributed by atoms with Gasteiger partial charge in [-0.05, 0) is 34.7 Å². The van der Waals surface area contributed by atoms with Crippen LogP contribution in [-0.4, -0.2) is 46.1 Å². The summed E-state index contributed by atoms with van der Waals surface area (Å²) in [5, 5.41) is 15.0. The highest BCUT2D eigenvalue weighted by atomic mass is 127. The fourth-order valence-corrected chi connectivity index (χ4v) is 3.14. The zero-order valence-corrected chi connectivity index (χ0v) is 15.0. The smallest absolute Gasteiger partial charge is 0.182 e. The van der Waals surface area contributed by atoms with Crippen LogP contribution >= 0.6 is 22.6 Å².